The molecule has 2 N–H and O–H groups in total. The highest BCUT2D eigenvalue weighted by Gasteiger charge is 2.14. The molecule has 1 amide bonds. The Morgan fingerprint density at radius 2 is 1.95 bits per heavy atom. The number of furan rings is 1. The molecule has 1 aliphatic rings. The number of hydrogen-bond donors (Lipinski definition) is 2. The number of hydrogen-bond acceptors (Lipinski definition) is 3. The Bertz CT molecular complexity index is 446. The van der Waals surface area contributed by atoms with E-state index in [2.05, 4.69) is 10.6 Å². The molecule has 1 heterocycles. The van der Waals surface area contributed by atoms with E-state index in [1.165, 1.54) is 38.5 Å². The van der Waals surface area contributed by atoms with Gasteiger partial charge in [0.15, 0.2) is 5.76 Å². The first-order valence-corrected chi connectivity index (χ1v) is 8.31. The highest BCUT2D eigenvalue weighted by molar-refractivity contribution is 5.91. The maximum atomic E-state index is 12.0. The predicted molar refractivity (Wildman–Crippen MR) is 84.6 cm³/mol. The largest absolute Gasteiger partial charge is 0.456 e. The zero-order chi connectivity index (χ0) is 15.1. The second-order valence-corrected chi connectivity index (χ2v) is 5.97. The highest BCUT2D eigenvalue weighted by Crippen LogP contribution is 2.17. The van der Waals surface area contributed by atoms with Crippen LogP contribution in [0.25, 0.3) is 0 Å². The van der Waals surface area contributed by atoms with E-state index in [1.807, 2.05) is 19.9 Å². The van der Waals surface area contributed by atoms with Gasteiger partial charge in [-0.05, 0) is 31.4 Å². The molecule has 0 spiro atoms. The molecular formula is C17H28N2O2. The summed E-state index contributed by atoms with van der Waals surface area (Å²) in [5.74, 6) is 1.22. The molecule has 1 aliphatic carbocycles. The fourth-order valence-corrected chi connectivity index (χ4v) is 3.01. The van der Waals surface area contributed by atoms with Crippen molar-refractivity contribution in [2.45, 2.75) is 64.8 Å². The zero-order valence-corrected chi connectivity index (χ0v) is 13.3. The van der Waals surface area contributed by atoms with Gasteiger partial charge in [0.25, 0.3) is 5.91 Å². The number of aryl methyl sites for hydroxylation is 2. The summed E-state index contributed by atoms with van der Waals surface area (Å²) in [6.07, 6.45) is 8.75. The summed E-state index contributed by atoms with van der Waals surface area (Å²) >= 11 is 0. The van der Waals surface area contributed by atoms with Gasteiger partial charge in [0, 0.05) is 25.6 Å². The van der Waals surface area contributed by atoms with Gasteiger partial charge in [0.05, 0.1) is 0 Å². The minimum atomic E-state index is -0.111. The van der Waals surface area contributed by atoms with Gasteiger partial charge in [-0.25, -0.2) is 0 Å². The predicted octanol–water partition coefficient (Wildman–Crippen LogP) is 3.19. The van der Waals surface area contributed by atoms with Crippen molar-refractivity contribution in [1.29, 1.82) is 0 Å². The van der Waals surface area contributed by atoms with Gasteiger partial charge in [-0.1, -0.05) is 32.6 Å². The lowest BCUT2D eigenvalue weighted by Gasteiger charge is -2.16. The number of amides is 1. The Hall–Kier alpha value is -1.29. The van der Waals surface area contributed by atoms with Crippen molar-refractivity contribution in [3.63, 3.8) is 0 Å². The third-order valence-corrected chi connectivity index (χ3v) is 4.26. The van der Waals surface area contributed by atoms with Crippen molar-refractivity contribution in [2.75, 3.05) is 13.1 Å². The minimum Gasteiger partial charge on any atom is -0.456 e. The molecule has 0 aromatic carbocycles. The average molecular weight is 292 g/mol. The number of carbonyl (C=O) groups excluding carboxylic acids is 1. The molecule has 4 heteroatoms. The van der Waals surface area contributed by atoms with Gasteiger partial charge in [-0.2, -0.15) is 0 Å². The maximum absolute atomic E-state index is 12.0. The Balaban J connectivity index is 1.68. The Morgan fingerprint density at radius 3 is 2.57 bits per heavy atom. The molecule has 0 atom stereocenters. The van der Waals surface area contributed by atoms with Crippen LogP contribution in [-0.4, -0.2) is 25.0 Å². The van der Waals surface area contributed by atoms with Crippen LogP contribution in [-0.2, 0) is 6.42 Å². The van der Waals surface area contributed by atoms with Gasteiger partial charge < -0.3 is 15.1 Å². The Morgan fingerprint density at radius 1 is 1.24 bits per heavy atom. The molecule has 1 aromatic heterocycles. The monoisotopic (exact) mass is 292 g/mol. The van der Waals surface area contributed by atoms with Crippen LogP contribution in [0.4, 0.5) is 0 Å². The van der Waals surface area contributed by atoms with Crippen LogP contribution in [0.2, 0.25) is 0 Å². The van der Waals surface area contributed by atoms with E-state index < -0.39 is 0 Å². The molecule has 0 unspecified atom stereocenters. The Kier molecular flexibility index (Phi) is 6.30. The standard InChI is InChI=1S/C17H28N2O2/c1-3-15-13(2)12-16(21-15)17(20)19-11-10-18-14-8-6-4-5-7-9-14/h12,14,18H,3-11H2,1-2H3,(H,19,20). The normalized spacial score (nSPS) is 16.7. The second-order valence-electron chi connectivity index (χ2n) is 5.97. The number of carbonyl (C=O) groups is 1. The van der Waals surface area contributed by atoms with E-state index in [1.54, 1.807) is 0 Å². The molecule has 0 radical (unpaired) electrons. The van der Waals surface area contributed by atoms with E-state index in [0.717, 1.165) is 24.3 Å². The molecule has 1 saturated carbocycles. The first kappa shape index (κ1) is 16.1. The Labute approximate surface area is 127 Å². The fourth-order valence-electron chi connectivity index (χ4n) is 3.01. The molecule has 1 aromatic rings. The summed E-state index contributed by atoms with van der Waals surface area (Å²) in [4.78, 5) is 12.0. The van der Waals surface area contributed by atoms with E-state index in [4.69, 9.17) is 4.42 Å². The molecule has 21 heavy (non-hydrogen) atoms. The van der Waals surface area contributed by atoms with Gasteiger partial charge in [-0.3, -0.25) is 4.79 Å². The van der Waals surface area contributed by atoms with Crippen molar-refractivity contribution in [3.8, 4) is 0 Å². The van der Waals surface area contributed by atoms with Gasteiger partial charge in [0.2, 0.25) is 0 Å². The molecule has 4 nitrogen and oxygen atoms in total. The molecule has 0 bridgehead atoms. The van der Waals surface area contributed by atoms with Crippen molar-refractivity contribution < 1.29 is 9.21 Å². The fraction of sp³-hybridized carbons (Fsp3) is 0.706. The second kappa shape index (κ2) is 8.23. The van der Waals surface area contributed by atoms with Gasteiger partial charge in [-0.15, -0.1) is 0 Å². The zero-order valence-electron chi connectivity index (χ0n) is 13.3. The van der Waals surface area contributed by atoms with E-state index in [9.17, 15) is 4.79 Å². The summed E-state index contributed by atoms with van der Waals surface area (Å²) in [6.45, 7) is 5.49. The molecule has 0 saturated heterocycles. The summed E-state index contributed by atoms with van der Waals surface area (Å²) in [7, 11) is 0. The lowest BCUT2D eigenvalue weighted by molar-refractivity contribution is 0.0924. The van der Waals surface area contributed by atoms with Crippen molar-refractivity contribution in [1.82, 2.24) is 10.6 Å². The van der Waals surface area contributed by atoms with Crippen LogP contribution in [0, 0.1) is 6.92 Å². The van der Waals surface area contributed by atoms with E-state index in [0.29, 0.717) is 18.3 Å². The first-order valence-electron chi connectivity index (χ1n) is 8.31. The van der Waals surface area contributed by atoms with E-state index >= 15 is 0 Å². The quantitative estimate of drug-likeness (QED) is 0.625. The summed E-state index contributed by atoms with van der Waals surface area (Å²) < 4.78 is 5.56. The van der Waals surface area contributed by atoms with Crippen LogP contribution in [0.5, 0.6) is 0 Å². The van der Waals surface area contributed by atoms with Gasteiger partial charge >= 0.3 is 0 Å². The van der Waals surface area contributed by atoms with Crippen molar-refractivity contribution in [2.24, 2.45) is 0 Å². The maximum Gasteiger partial charge on any atom is 0.287 e. The topological polar surface area (TPSA) is 54.3 Å². The van der Waals surface area contributed by atoms with Crippen LogP contribution in [0.1, 0.15) is 67.3 Å². The molecule has 2 rings (SSSR count). The van der Waals surface area contributed by atoms with E-state index in [-0.39, 0.29) is 5.91 Å². The SMILES string of the molecule is CCc1oc(C(=O)NCCNC2CCCCCC2)cc1C. The highest BCUT2D eigenvalue weighted by atomic mass is 16.4. The number of rotatable bonds is 6. The third kappa shape index (κ3) is 4.88. The molecule has 118 valence electrons. The van der Waals surface area contributed by atoms with Gasteiger partial charge in [0.1, 0.15) is 5.76 Å². The van der Waals surface area contributed by atoms with Crippen LogP contribution < -0.4 is 10.6 Å². The lowest BCUT2D eigenvalue weighted by atomic mass is 10.1. The average Bonchev–Trinajstić information content (AvgIpc) is 2.70. The summed E-state index contributed by atoms with van der Waals surface area (Å²) in [6, 6.07) is 2.45. The van der Waals surface area contributed by atoms with Crippen molar-refractivity contribution >= 4 is 5.91 Å². The first-order chi connectivity index (χ1) is 10.2. The number of nitrogens with one attached hydrogen (secondary N) is 2. The smallest absolute Gasteiger partial charge is 0.287 e. The van der Waals surface area contributed by atoms with Crippen LogP contribution >= 0.6 is 0 Å². The van der Waals surface area contributed by atoms with Crippen LogP contribution in [0.3, 0.4) is 0 Å². The molecule has 1 fully saturated rings. The van der Waals surface area contributed by atoms with Crippen molar-refractivity contribution in [3.05, 3.63) is 23.2 Å². The summed E-state index contributed by atoms with van der Waals surface area (Å²) in [5, 5.41) is 6.47. The third-order valence-electron chi connectivity index (χ3n) is 4.26. The molecular weight excluding hydrogens is 264 g/mol. The minimum absolute atomic E-state index is 0.111. The molecule has 0 aliphatic heterocycles. The van der Waals surface area contributed by atoms with Crippen LogP contribution in [0.15, 0.2) is 10.5 Å². The lowest BCUT2D eigenvalue weighted by Crippen LogP contribution is -2.36. The summed E-state index contributed by atoms with van der Waals surface area (Å²) in [5.41, 5.74) is 1.05.